The van der Waals surface area contributed by atoms with E-state index in [1.54, 1.807) is 0 Å². The van der Waals surface area contributed by atoms with Gasteiger partial charge in [-0.1, -0.05) is 25.5 Å². The second-order valence-electron chi connectivity index (χ2n) is 5.46. The van der Waals surface area contributed by atoms with Crippen LogP contribution in [0.5, 0.6) is 0 Å². The summed E-state index contributed by atoms with van der Waals surface area (Å²) in [6, 6.07) is 10.4. The number of hydrogen-bond donors (Lipinski definition) is 1. The quantitative estimate of drug-likeness (QED) is 0.826. The molecule has 0 saturated carbocycles. The van der Waals surface area contributed by atoms with Crippen molar-refractivity contribution in [3.63, 3.8) is 0 Å². The molecule has 1 aromatic carbocycles. The third-order valence-electron chi connectivity index (χ3n) is 3.63. The van der Waals surface area contributed by atoms with Crippen molar-refractivity contribution < 1.29 is 0 Å². The summed E-state index contributed by atoms with van der Waals surface area (Å²) >= 11 is 0. The van der Waals surface area contributed by atoms with Crippen molar-refractivity contribution in [1.82, 2.24) is 9.97 Å². The molecular weight excluding hydrogens is 272 g/mol. The molecule has 22 heavy (non-hydrogen) atoms. The zero-order chi connectivity index (χ0) is 15.9. The summed E-state index contributed by atoms with van der Waals surface area (Å²) in [4.78, 5) is 11.6. The van der Waals surface area contributed by atoms with Crippen LogP contribution in [0.2, 0.25) is 0 Å². The number of nitrogens with zero attached hydrogens (tertiary/aromatic N) is 3. The fraction of sp³-hybridized carbons (Fsp3) is 0.444. The molecule has 0 spiro atoms. The summed E-state index contributed by atoms with van der Waals surface area (Å²) in [5.74, 6) is 1.68. The third kappa shape index (κ3) is 4.20. The zero-order valence-electron chi connectivity index (χ0n) is 14.1. The van der Waals surface area contributed by atoms with E-state index in [1.165, 1.54) is 5.56 Å². The lowest BCUT2D eigenvalue weighted by molar-refractivity contribution is 0.824. The molecule has 0 radical (unpaired) electrons. The van der Waals surface area contributed by atoms with Crippen LogP contribution in [0.3, 0.4) is 0 Å². The van der Waals surface area contributed by atoms with Crippen LogP contribution < -0.4 is 10.2 Å². The summed E-state index contributed by atoms with van der Waals surface area (Å²) in [5, 5.41) is 3.34. The van der Waals surface area contributed by atoms with Crippen molar-refractivity contribution in [2.75, 3.05) is 23.3 Å². The summed E-state index contributed by atoms with van der Waals surface area (Å²) in [5.41, 5.74) is 3.34. The molecule has 4 nitrogen and oxygen atoms in total. The number of hydrogen-bond acceptors (Lipinski definition) is 4. The number of benzene rings is 1. The van der Waals surface area contributed by atoms with Crippen LogP contribution in [-0.2, 0) is 6.42 Å². The maximum absolute atomic E-state index is 4.69. The minimum Gasteiger partial charge on any atom is -0.357 e. The van der Waals surface area contributed by atoms with Crippen LogP contribution >= 0.6 is 0 Å². The van der Waals surface area contributed by atoms with Gasteiger partial charge in [0, 0.05) is 30.5 Å². The van der Waals surface area contributed by atoms with Gasteiger partial charge in [0.15, 0.2) is 0 Å². The number of nitrogens with one attached hydrogen (secondary N) is 1. The average Bonchev–Trinajstić information content (AvgIpc) is 2.49. The van der Waals surface area contributed by atoms with Gasteiger partial charge in [-0.3, -0.25) is 0 Å². The van der Waals surface area contributed by atoms with Crippen molar-refractivity contribution in [2.45, 2.75) is 40.5 Å². The summed E-state index contributed by atoms with van der Waals surface area (Å²) < 4.78 is 0. The molecule has 1 heterocycles. The Hall–Kier alpha value is -2.10. The van der Waals surface area contributed by atoms with Gasteiger partial charge in [-0.05, 0) is 44.9 Å². The molecule has 0 bridgehead atoms. The number of aromatic nitrogens is 2. The Balaban J connectivity index is 2.32. The van der Waals surface area contributed by atoms with Gasteiger partial charge in [0.2, 0.25) is 5.95 Å². The molecular formula is C18H26N4. The van der Waals surface area contributed by atoms with E-state index in [-0.39, 0.29) is 0 Å². The third-order valence-corrected chi connectivity index (χ3v) is 3.63. The molecule has 0 unspecified atom stereocenters. The number of anilines is 3. The lowest BCUT2D eigenvalue weighted by Crippen LogP contribution is -2.23. The van der Waals surface area contributed by atoms with E-state index < -0.39 is 0 Å². The maximum atomic E-state index is 4.69. The molecule has 1 aromatic heterocycles. The monoisotopic (exact) mass is 298 g/mol. The first-order valence-electron chi connectivity index (χ1n) is 8.12. The standard InChI is InChI=1S/C18H26N4/c1-5-9-15-13-17(22(6-2)7-3)21-18(19-15)20-16-11-8-10-14(4)12-16/h8,10-13H,5-7,9H2,1-4H3,(H,19,20,21). The van der Waals surface area contributed by atoms with Gasteiger partial charge in [0.25, 0.3) is 0 Å². The molecule has 2 aromatic rings. The minimum absolute atomic E-state index is 0.679. The van der Waals surface area contributed by atoms with Gasteiger partial charge in [0.05, 0.1) is 0 Å². The molecule has 1 N–H and O–H groups in total. The van der Waals surface area contributed by atoms with Gasteiger partial charge in [0.1, 0.15) is 5.82 Å². The fourth-order valence-electron chi connectivity index (χ4n) is 2.48. The van der Waals surface area contributed by atoms with E-state index in [2.05, 4.69) is 66.1 Å². The van der Waals surface area contributed by atoms with Gasteiger partial charge in [-0.2, -0.15) is 4.98 Å². The van der Waals surface area contributed by atoms with Crippen LogP contribution in [-0.4, -0.2) is 23.1 Å². The zero-order valence-corrected chi connectivity index (χ0v) is 14.1. The molecule has 0 atom stereocenters. The molecule has 0 aliphatic heterocycles. The Bertz CT molecular complexity index is 606. The predicted molar refractivity (Wildman–Crippen MR) is 94.0 cm³/mol. The largest absolute Gasteiger partial charge is 0.357 e. The van der Waals surface area contributed by atoms with E-state index in [0.717, 1.165) is 43.1 Å². The van der Waals surface area contributed by atoms with Gasteiger partial charge < -0.3 is 10.2 Å². The first kappa shape index (κ1) is 16.3. The lowest BCUT2D eigenvalue weighted by atomic mass is 10.2. The van der Waals surface area contributed by atoms with Crippen LogP contribution in [0.15, 0.2) is 30.3 Å². The molecule has 118 valence electrons. The van der Waals surface area contributed by atoms with E-state index >= 15 is 0 Å². The fourth-order valence-corrected chi connectivity index (χ4v) is 2.48. The molecule has 0 aliphatic carbocycles. The second-order valence-corrected chi connectivity index (χ2v) is 5.46. The van der Waals surface area contributed by atoms with Crippen LogP contribution in [0.25, 0.3) is 0 Å². The minimum atomic E-state index is 0.679. The SMILES string of the molecule is CCCc1cc(N(CC)CC)nc(Nc2cccc(C)c2)n1. The van der Waals surface area contributed by atoms with Gasteiger partial charge >= 0.3 is 0 Å². The van der Waals surface area contributed by atoms with E-state index in [9.17, 15) is 0 Å². The molecule has 0 saturated heterocycles. The topological polar surface area (TPSA) is 41.1 Å². The number of aryl methyl sites for hydroxylation is 2. The van der Waals surface area contributed by atoms with Crippen molar-refractivity contribution >= 4 is 17.5 Å². The Morgan fingerprint density at radius 2 is 1.82 bits per heavy atom. The summed E-state index contributed by atoms with van der Waals surface area (Å²) in [6.07, 6.45) is 2.05. The maximum Gasteiger partial charge on any atom is 0.229 e. The first-order chi connectivity index (χ1) is 10.7. The normalized spacial score (nSPS) is 10.5. The van der Waals surface area contributed by atoms with Crippen molar-refractivity contribution in [1.29, 1.82) is 0 Å². The molecule has 2 rings (SSSR count). The van der Waals surface area contributed by atoms with Crippen molar-refractivity contribution in [3.8, 4) is 0 Å². The summed E-state index contributed by atoms with van der Waals surface area (Å²) in [7, 11) is 0. The van der Waals surface area contributed by atoms with E-state index in [1.807, 2.05) is 12.1 Å². The molecule has 0 fully saturated rings. The highest BCUT2D eigenvalue weighted by Gasteiger charge is 2.09. The smallest absolute Gasteiger partial charge is 0.229 e. The Kier molecular flexibility index (Phi) is 5.75. The lowest BCUT2D eigenvalue weighted by Gasteiger charge is -2.21. The molecule has 4 heteroatoms. The second kappa shape index (κ2) is 7.78. The predicted octanol–water partition coefficient (Wildman–Crippen LogP) is 4.33. The summed E-state index contributed by atoms with van der Waals surface area (Å²) in [6.45, 7) is 10.5. The Labute approximate surface area is 133 Å². The first-order valence-corrected chi connectivity index (χ1v) is 8.12. The highest BCUT2D eigenvalue weighted by molar-refractivity contribution is 5.56. The molecule has 0 amide bonds. The van der Waals surface area contributed by atoms with Crippen molar-refractivity contribution in [2.24, 2.45) is 0 Å². The van der Waals surface area contributed by atoms with Crippen LogP contribution in [0.1, 0.15) is 38.4 Å². The van der Waals surface area contributed by atoms with Crippen LogP contribution in [0, 0.1) is 6.92 Å². The highest BCUT2D eigenvalue weighted by Crippen LogP contribution is 2.20. The van der Waals surface area contributed by atoms with Gasteiger partial charge in [-0.25, -0.2) is 4.98 Å². The number of rotatable bonds is 7. The molecule has 0 aliphatic rings. The van der Waals surface area contributed by atoms with Gasteiger partial charge in [-0.15, -0.1) is 0 Å². The van der Waals surface area contributed by atoms with Crippen LogP contribution in [0.4, 0.5) is 17.5 Å². The van der Waals surface area contributed by atoms with E-state index in [4.69, 9.17) is 0 Å². The Morgan fingerprint density at radius 3 is 2.45 bits per heavy atom. The van der Waals surface area contributed by atoms with E-state index in [0.29, 0.717) is 5.95 Å². The average molecular weight is 298 g/mol. The van der Waals surface area contributed by atoms with Crippen molar-refractivity contribution in [3.05, 3.63) is 41.6 Å². The Morgan fingerprint density at radius 1 is 1.05 bits per heavy atom. The highest BCUT2D eigenvalue weighted by atomic mass is 15.2.